The maximum Gasteiger partial charge on any atom is 0.326 e. The number of carboxylic acid groups (broad SMARTS) is 1. The fourth-order valence-electron chi connectivity index (χ4n) is 2.80. The molecular formula is C21H32N4O5S. The fraction of sp³-hybridized carbons (Fsp3) is 0.524. The first-order chi connectivity index (χ1) is 14.5. The lowest BCUT2D eigenvalue weighted by Gasteiger charge is -2.23. The summed E-state index contributed by atoms with van der Waals surface area (Å²) in [7, 11) is 0. The van der Waals surface area contributed by atoms with Gasteiger partial charge in [0.25, 0.3) is 0 Å². The summed E-state index contributed by atoms with van der Waals surface area (Å²) in [6.45, 7) is 5.12. The number of carbonyl (C=O) groups excluding carboxylic acids is 3. The number of carbonyl (C=O) groups is 4. The number of nitrogens with two attached hydrogens (primary N) is 1. The molecule has 0 radical (unpaired) electrons. The van der Waals surface area contributed by atoms with Crippen LogP contribution in [0.3, 0.4) is 0 Å². The molecule has 0 fully saturated rings. The predicted molar refractivity (Wildman–Crippen MR) is 121 cm³/mol. The summed E-state index contributed by atoms with van der Waals surface area (Å²) in [4.78, 5) is 48.5. The molecule has 6 N–H and O–H groups in total. The van der Waals surface area contributed by atoms with Crippen LogP contribution in [0.1, 0.15) is 32.8 Å². The van der Waals surface area contributed by atoms with Crippen molar-refractivity contribution in [1.82, 2.24) is 16.0 Å². The number of thiol groups is 1. The lowest BCUT2D eigenvalue weighted by Crippen LogP contribution is -2.57. The molecule has 31 heavy (non-hydrogen) atoms. The zero-order chi connectivity index (χ0) is 23.6. The van der Waals surface area contributed by atoms with E-state index < -0.39 is 47.9 Å². The van der Waals surface area contributed by atoms with Crippen molar-refractivity contribution in [2.75, 3.05) is 5.75 Å². The summed E-state index contributed by atoms with van der Waals surface area (Å²) in [6, 6.07) is 5.32. The minimum atomic E-state index is -1.14. The summed E-state index contributed by atoms with van der Waals surface area (Å²) < 4.78 is 0. The molecule has 0 spiro atoms. The fourth-order valence-corrected chi connectivity index (χ4v) is 3.06. The van der Waals surface area contributed by atoms with Crippen LogP contribution in [0.15, 0.2) is 30.3 Å². The van der Waals surface area contributed by atoms with Gasteiger partial charge in [0.1, 0.15) is 18.1 Å². The van der Waals surface area contributed by atoms with Crippen molar-refractivity contribution >= 4 is 36.3 Å². The molecule has 0 aliphatic heterocycles. The van der Waals surface area contributed by atoms with E-state index in [1.807, 2.05) is 44.2 Å². The molecule has 4 atom stereocenters. The topological polar surface area (TPSA) is 151 Å². The Morgan fingerprint density at radius 1 is 0.935 bits per heavy atom. The lowest BCUT2D eigenvalue weighted by molar-refractivity contribution is -0.142. The molecule has 1 aromatic carbocycles. The summed E-state index contributed by atoms with van der Waals surface area (Å²) >= 11 is 4.10. The summed E-state index contributed by atoms with van der Waals surface area (Å²) in [5, 5.41) is 16.7. The van der Waals surface area contributed by atoms with Gasteiger partial charge in [0.2, 0.25) is 17.7 Å². The number of amides is 3. The van der Waals surface area contributed by atoms with Crippen LogP contribution >= 0.6 is 12.6 Å². The molecule has 0 heterocycles. The summed E-state index contributed by atoms with van der Waals surface area (Å²) in [6.07, 6.45) is 0.565. The zero-order valence-electron chi connectivity index (χ0n) is 18.0. The van der Waals surface area contributed by atoms with E-state index in [4.69, 9.17) is 5.73 Å². The summed E-state index contributed by atoms with van der Waals surface area (Å²) in [5.41, 5.74) is 6.82. The van der Waals surface area contributed by atoms with Crippen LogP contribution in [0.2, 0.25) is 0 Å². The van der Waals surface area contributed by atoms with E-state index in [9.17, 15) is 24.3 Å². The third-order valence-corrected chi connectivity index (χ3v) is 4.89. The van der Waals surface area contributed by atoms with E-state index in [0.29, 0.717) is 6.42 Å². The smallest absolute Gasteiger partial charge is 0.326 e. The van der Waals surface area contributed by atoms with Gasteiger partial charge in [0, 0.05) is 5.75 Å². The van der Waals surface area contributed by atoms with Gasteiger partial charge in [0.05, 0.1) is 6.04 Å². The number of carboxylic acids is 1. The SMILES string of the molecule is CC(C)CC(NC(=O)C(C)NC(=O)C(CS)NC(=O)C(N)Cc1ccccc1)C(=O)O. The Hall–Kier alpha value is -2.59. The first kappa shape index (κ1) is 26.4. The first-order valence-corrected chi connectivity index (χ1v) is 10.7. The van der Waals surface area contributed by atoms with Gasteiger partial charge in [-0.15, -0.1) is 0 Å². The van der Waals surface area contributed by atoms with Gasteiger partial charge in [0.15, 0.2) is 0 Å². The van der Waals surface area contributed by atoms with E-state index in [0.717, 1.165) is 5.56 Å². The molecule has 3 amide bonds. The van der Waals surface area contributed by atoms with Crippen molar-refractivity contribution in [3.63, 3.8) is 0 Å². The second-order valence-corrected chi connectivity index (χ2v) is 8.16. The van der Waals surface area contributed by atoms with Crippen LogP contribution in [0.5, 0.6) is 0 Å². The van der Waals surface area contributed by atoms with Gasteiger partial charge in [-0.2, -0.15) is 12.6 Å². The molecule has 0 aromatic heterocycles. The lowest BCUT2D eigenvalue weighted by atomic mass is 10.0. The average molecular weight is 453 g/mol. The molecule has 1 aromatic rings. The maximum absolute atomic E-state index is 12.5. The van der Waals surface area contributed by atoms with E-state index >= 15 is 0 Å². The van der Waals surface area contributed by atoms with Crippen molar-refractivity contribution < 1.29 is 24.3 Å². The number of aliphatic carboxylic acids is 1. The van der Waals surface area contributed by atoms with Crippen molar-refractivity contribution in [3.05, 3.63) is 35.9 Å². The van der Waals surface area contributed by atoms with Crippen LogP contribution in [0, 0.1) is 5.92 Å². The Morgan fingerprint density at radius 2 is 1.52 bits per heavy atom. The van der Waals surface area contributed by atoms with Crippen LogP contribution in [-0.4, -0.2) is 58.7 Å². The molecule has 0 saturated carbocycles. The minimum Gasteiger partial charge on any atom is -0.480 e. The second kappa shape index (κ2) is 13.0. The number of hydrogen-bond acceptors (Lipinski definition) is 6. The molecule has 0 aliphatic carbocycles. The third kappa shape index (κ3) is 9.39. The van der Waals surface area contributed by atoms with Gasteiger partial charge >= 0.3 is 5.97 Å². The van der Waals surface area contributed by atoms with E-state index in [2.05, 4.69) is 28.6 Å². The Bertz CT molecular complexity index is 759. The minimum absolute atomic E-state index is 0.00489. The highest BCUT2D eigenvalue weighted by molar-refractivity contribution is 7.80. The zero-order valence-corrected chi connectivity index (χ0v) is 18.9. The molecule has 10 heteroatoms. The Kier molecular flexibility index (Phi) is 11.1. The van der Waals surface area contributed by atoms with Crippen LogP contribution < -0.4 is 21.7 Å². The second-order valence-electron chi connectivity index (χ2n) is 7.80. The van der Waals surface area contributed by atoms with Crippen LogP contribution in [0.4, 0.5) is 0 Å². The predicted octanol–water partition coefficient (Wildman–Crippen LogP) is 0.0912. The highest BCUT2D eigenvalue weighted by Gasteiger charge is 2.28. The van der Waals surface area contributed by atoms with Gasteiger partial charge in [-0.1, -0.05) is 44.2 Å². The maximum atomic E-state index is 12.5. The largest absolute Gasteiger partial charge is 0.480 e. The highest BCUT2D eigenvalue weighted by Crippen LogP contribution is 2.06. The van der Waals surface area contributed by atoms with Gasteiger partial charge in [-0.3, -0.25) is 14.4 Å². The normalized spacial score (nSPS) is 14.8. The average Bonchev–Trinajstić information content (AvgIpc) is 2.71. The van der Waals surface area contributed by atoms with Gasteiger partial charge in [-0.05, 0) is 31.2 Å². The van der Waals surface area contributed by atoms with Crippen LogP contribution in [-0.2, 0) is 25.6 Å². The Morgan fingerprint density at radius 3 is 2.03 bits per heavy atom. The molecular weight excluding hydrogens is 420 g/mol. The van der Waals surface area contributed by atoms with E-state index in [-0.39, 0.29) is 18.1 Å². The van der Waals surface area contributed by atoms with Gasteiger partial charge < -0.3 is 26.8 Å². The quantitative estimate of drug-likeness (QED) is 0.247. The first-order valence-electron chi connectivity index (χ1n) is 10.1. The molecule has 0 aliphatic rings. The number of rotatable bonds is 12. The number of benzene rings is 1. The van der Waals surface area contributed by atoms with Crippen molar-refractivity contribution in [2.24, 2.45) is 11.7 Å². The molecule has 172 valence electrons. The summed E-state index contributed by atoms with van der Waals surface area (Å²) in [5.74, 6) is -2.85. The van der Waals surface area contributed by atoms with Crippen LogP contribution in [0.25, 0.3) is 0 Å². The molecule has 0 bridgehead atoms. The number of nitrogens with one attached hydrogen (secondary N) is 3. The van der Waals surface area contributed by atoms with Gasteiger partial charge in [-0.25, -0.2) is 4.79 Å². The monoisotopic (exact) mass is 452 g/mol. The third-order valence-electron chi connectivity index (χ3n) is 4.52. The Labute approximate surface area is 187 Å². The van der Waals surface area contributed by atoms with Crippen molar-refractivity contribution in [2.45, 2.75) is 57.8 Å². The molecule has 1 rings (SSSR count). The van der Waals surface area contributed by atoms with E-state index in [1.54, 1.807) is 0 Å². The van der Waals surface area contributed by atoms with Crippen molar-refractivity contribution in [1.29, 1.82) is 0 Å². The highest BCUT2D eigenvalue weighted by atomic mass is 32.1. The standard InChI is InChI=1S/C21H32N4O5S/c1-12(2)9-16(21(29)30)24-18(26)13(3)23-20(28)17(11-31)25-19(27)15(22)10-14-7-5-4-6-8-14/h4-8,12-13,15-17,31H,9-11,22H2,1-3H3,(H,23,28)(H,24,26)(H,25,27)(H,29,30). The number of hydrogen-bond donors (Lipinski definition) is 6. The molecule has 9 nitrogen and oxygen atoms in total. The van der Waals surface area contributed by atoms with Crippen molar-refractivity contribution in [3.8, 4) is 0 Å². The molecule has 0 saturated heterocycles. The van der Waals surface area contributed by atoms with E-state index in [1.165, 1.54) is 6.92 Å². The molecule has 4 unspecified atom stereocenters. The Balaban J connectivity index is 2.62.